The first-order chi connectivity index (χ1) is 9.51. The maximum absolute atomic E-state index is 12.2. The molecule has 0 saturated heterocycles. The van der Waals surface area contributed by atoms with Gasteiger partial charge in [0.15, 0.2) is 0 Å². The Labute approximate surface area is 117 Å². The van der Waals surface area contributed by atoms with Gasteiger partial charge in [-0.2, -0.15) is 5.26 Å². The van der Waals surface area contributed by atoms with Gasteiger partial charge in [-0.3, -0.25) is 0 Å². The van der Waals surface area contributed by atoms with E-state index in [1.807, 2.05) is 6.07 Å². The summed E-state index contributed by atoms with van der Waals surface area (Å²) in [5.74, 6) is 0.714. The van der Waals surface area contributed by atoms with Crippen LogP contribution >= 0.6 is 0 Å². The topological polar surface area (TPSA) is 83.1 Å². The minimum absolute atomic E-state index is 0.0860. The summed E-state index contributed by atoms with van der Waals surface area (Å²) in [7, 11) is -3.64. The summed E-state index contributed by atoms with van der Waals surface area (Å²) in [4.78, 5) is 0.0860. The van der Waals surface area contributed by atoms with Gasteiger partial charge in [0.25, 0.3) is 0 Å². The summed E-state index contributed by atoms with van der Waals surface area (Å²) in [5, 5.41) is 8.80. The first-order valence-corrected chi connectivity index (χ1v) is 7.54. The zero-order valence-electron chi connectivity index (χ0n) is 10.9. The Morgan fingerprint density at radius 2 is 2.15 bits per heavy atom. The van der Waals surface area contributed by atoms with Gasteiger partial charge in [0.2, 0.25) is 10.0 Å². The minimum atomic E-state index is -3.64. The zero-order chi connectivity index (χ0) is 14.6. The van der Waals surface area contributed by atoms with Gasteiger partial charge in [0.1, 0.15) is 5.76 Å². The maximum atomic E-state index is 12.2. The molecule has 6 heteroatoms. The number of benzene rings is 1. The first-order valence-electron chi connectivity index (χ1n) is 6.06. The SMILES string of the molecule is CC(Cc1ccco1)NS(=O)(=O)c1cccc(C#N)c1. The molecular weight excluding hydrogens is 276 g/mol. The smallest absolute Gasteiger partial charge is 0.240 e. The number of nitrogens with one attached hydrogen (secondary N) is 1. The van der Waals surface area contributed by atoms with E-state index in [1.54, 1.807) is 37.5 Å². The van der Waals surface area contributed by atoms with Crippen molar-refractivity contribution in [2.45, 2.75) is 24.3 Å². The van der Waals surface area contributed by atoms with E-state index in [2.05, 4.69) is 4.72 Å². The third-order valence-electron chi connectivity index (χ3n) is 2.72. The number of rotatable bonds is 5. The fourth-order valence-corrected chi connectivity index (χ4v) is 3.13. The second-order valence-electron chi connectivity index (χ2n) is 4.45. The van der Waals surface area contributed by atoms with E-state index in [0.717, 1.165) is 0 Å². The molecule has 0 fully saturated rings. The van der Waals surface area contributed by atoms with Gasteiger partial charge in [-0.1, -0.05) is 6.07 Å². The van der Waals surface area contributed by atoms with Crippen molar-refractivity contribution in [3.05, 3.63) is 54.0 Å². The Hall–Kier alpha value is -2.10. The lowest BCUT2D eigenvalue weighted by Crippen LogP contribution is -2.34. The molecule has 0 aliphatic rings. The van der Waals surface area contributed by atoms with Crippen LogP contribution in [0.3, 0.4) is 0 Å². The van der Waals surface area contributed by atoms with Crippen molar-refractivity contribution in [2.75, 3.05) is 0 Å². The van der Waals surface area contributed by atoms with Crippen molar-refractivity contribution in [1.29, 1.82) is 5.26 Å². The number of hydrogen-bond donors (Lipinski definition) is 1. The highest BCUT2D eigenvalue weighted by molar-refractivity contribution is 7.89. The van der Waals surface area contributed by atoms with Crippen LogP contribution in [0.2, 0.25) is 0 Å². The van der Waals surface area contributed by atoms with Gasteiger partial charge in [0, 0.05) is 12.5 Å². The zero-order valence-corrected chi connectivity index (χ0v) is 11.7. The predicted molar refractivity (Wildman–Crippen MR) is 73.4 cm³/mol. The quantitative estimate of drug-likeness (QED) is 0.913. The molecule has 5 nitrogen and oxygen atoms in total. The Kier molecular flexibility index (Phi) is 4.23. The molecule has 2 rings (SSSR count). The van der Waals surface area contributed by atoms with Crippen LogP contribution in [0.25, 0.3) is 0 Å². The fourth-order valence-electron chi connectivity index (χ4n) is 1.84. The maximum Gasteiger partial charge on any atom is 0.240 e. The number of sulfonamides is 1. The fraction of sp³-hybridized carbons (Fsp3) is 0.214. The molecule has 0 spiro atoms. The molecule has 1 unspecified atom stereocenters. The minimum Gasteiger partial charge on any atom is -0.469 e. The van der Waals surface area contributed by atoms with E-state index in [1.165, 1.54) is 12.1 Å². The van der Waals surface area contributed by atoms with E-state index in [-0.39, 0.29) is 10.9 Å². The number of nitriles is 1. The molecule has 0 aliphatic carbocycles. The van der Waals surface area contributed by atoms with Crippen LogP contribution in [0, 0.1) is 11.3 Å². The average molecular weight is 290 g/mol. The Morgan fingerprint density at radius 3 is 2.80 bits per heavy atom. The molecule has 1 aromatic carbocycles. The van der Waals surface area contributed by atoms with Crippen molar-refractivity contribution >= 4 is 10.0 Å². The highest BCUT2D eigenvalue weighted by Gasteiger charge is 2.18. The third-order valence-corrected chi connectivity index (χ3v) is 4.30. The van der Waals surface area contributed by atoms with Crippen LogP contribution < -0.4 is 4.72 Å². The molecule has 0 bridgehead atoms. The summed E-state index contributed by atoms with van der Waals surface area (Å²) in [6.07, 6.45) is 2.01. The molecule has 1 atom stereocenters. The molecular formula is C14H14N2O3S. The van der Waals surface area contributed by atoms with Gasteiger partial charge in [-0.15, -0.1) is 0 Å². The van der Waals surface area contributed by atoms with Gasteiger partial charge in [-0.25, -0.2) is 13.1 Å². The lowest BCUT2D eigenvalue weighted by Gasteiger charge is -2.13. The molecule has 2 aromatic rings. The standard InChI is InChI=1S/C14H14N2O3S/c1-11(8-13-5-3-7-19-13)16-20(17,18)14-6-2-4-12(9-14)10-15/h2-7,9,11,16H,8H2,1H3. The summed E-state index contributed by atoms with van der Waals surface area (Å²) < 4.78 is 32.1. The van der Waals surface area contributed by atoms with Crippen LogP contribution in [0.5, 0.6) is 0 Å². The number of hydrogen-bond acceptors (Lipinski definition) is 4. The van der Waals surface area contributed by atoms with Crippen LogP contribution in [-0.4, -0.2) is 14.5 Å². The normalized spacial score (nSPS) is 12.8. The summed E-state index contributed by atoms with van der Waals surface area (Å²) in [6.45, 7) is 1.76. The summed E-state index contributed by atoms with van der Waals surface area (Å²) in [5.41, 5.74) is 0.312. The summed E-state index contributed by atoms with van der Waals surface area (Å²) >= 11 is 0. The number of furan rings is 1. The highest BCUT2D eigenvalue weighted by atomic mass is 32.2. The van der Waals surface area contributed by atoms with Gasteiger partial charge in [0.05, 0.1) is 22.8 Å². The van der Waals surface area contributed by atoms with Crippen molar-refractivity contribution in [3.63, 3.8) is 0 Å². The molecule has 104 valence electrons. The predicted octanol–water partition coefficient (Wildman–Crippen LogP) is 2.06. The molecule has 0 amide bonds. The molecule has 0 saturated carbocycles. The van der Waals surface area contributed by atoms with E-state index in [4.69, 9.17) is 9.68 Å². The second kappa shape index (κ2) is 5.90. The molecule has 1 N–H and O–H groups in total. The first kappa shape index (κ1) is 14.3. The van der Waals surface area contributed by atoms with Crippen molar-refractivity contribution in [2.24, 2.45) is 0 Å². The lowest BCUT2D eigenvalue weighted by atomic mass is 10.2. The molecule has 20 heavy (non-hydrogen) atoms. The lowest BCUT2D eigenvalue weighted by molar-refractivity contribution is 0.479. The molecule has 0 aliphatic heterocycles. The highest BCUT2D eigenvalue weighted by Crippen LogP contribution is 2.12. The van der Waals surface area contributed by atoms with Gasteiger partial charge < -0.3 is 4.42 Å². The van der Waals surface area contributed by atoms with Crippen LogP contribution in [0.15, 0.2) is 52.0 Å². The Bertz CT molecular complexity index is 715. The van der Waals surface area contributed by atoms with Gasteiger partial charge in [-0.05, 0) is 37.3 Å². The van der Waals surface area contributed by atoms with Gasteiger partial charge >= 0.3 is 0 Å². The Morgan fingerprint density at radius 1 is 1.35 bits per heavy atom. The summed E-state index contributed by atoms with van der Waals surface area (Å²) in [6, 6.07) is 11.1. The van der Waals surface area contributed by atoms with E-state index >= 15 is 0 Å². The third kappa shape index (κ3) is 3.47. The van der Waals surface area contributed by atoms with Crippen LogP contribution in [0.4, 0.5) is 0 Å². The molecule has 0 radical (unpaired) electrons. The number of nitrogens with zero attached hydrogens (tertiary/aromatic N) is 1. The van der Waals surface area contributed by atoms with Crippen molar-refractivity contribution in [1.82, 2.24) is 4.72 Å². The second-order valence-corrected chi connectivity index (χ2v) is 6.16. The van der Waals surface area contributed by atoms with Crippen LogP contribution in [0.1, 0.15) is 18.2 Å². The monoisotopic (exact) mass is 290 g/mol. The van der Waals surface area contributed by atoms with Crippen molar-refractivity contribution < 1.29 is 12.8 Å². The van der Waals surface area contributed by atoms with E-state index < -0.39 is 10.0 Å². The molecule has 1 heterocycles. The van der Waals surface area contributed by atoms with Crippen molar-refractivity contribution in [3.8, 4) is 6.07 Å². The average Bonchev–Trinajstić information content (AvgIpc) is 2.91. The largest absolute Gasteiger partial charge is 0.469 e. The Balaban J connectivity index is 2.12. The van der Waals surface area contributed by atoms with Crippen LogP contribution in [-0.2, 0) is 16.4 Å². The van der Waals surface area contributed by atoms with E-state index in [9.17, 15) is 8.42 Å². The van der Waals surface area contributed by atoms with E-state index in [0.29, 0.717) is 17.7 Å². The molecule has 1 aromatic heterocycles.